The number of hydrogen-bond acceptors (Lipinski definition) is 4. The number of amides is 1. The molecule has 1 aliphatic rings. The molecule has 1 fully saturated rings. The zero-order valence-electron chi connectivity index (χ0n) is 10.8. The first-order valence-corrected chi connectivity index (χ1v) is 6.19. The van der Waals surface area contributed by atoms with Crippen molar-refractivity contribution in [1.82, 2.24) is 5.32 Å². The van der Waals surface area contributed by atoms with Crippen LogP contribution in [0.4, 0.5) is 0 Å². The van der Waals surface area contributed by atoms with Gasteiger partial charge >= 0.3 is 5.97 Å². The van der Waals surface area contributed by atoms with Crippen molar-refractivity contribution in [2.75, 3.05) is 20.3 Å². The Morgan fingerprint density at radius 2 is 2.11 bits per heavy atom. The summed E-state index contributed by atoms with van der Waals surface area (Å²) in [5, 5.41) is 11.3. The molecule has 18 heavy (non-hydrogen) atoms. The van der Waals surface area contributed by atoms with E-state index in [2.05, 4.69) is 5.32 Å². The lowest BCUT2D eigenvalue weighted by molar-refractivity contribution is -0.143. The number of ether oxygens (including phenoxy) is 2. The number of carboxylic acids is 1. The second-order valence-corrected chi connectivity index (χ2v) is 4.53. The standard InChI is InChI=1S/C12H21NO5/c1-3-18-9-4-8(5-9)6-11(14)13-10(7-17-2)12(15)16/h8-10H,3-7H2,1-2H3,(H,13,14)(H,15,16). The molecule has 1 aliphatic carbocycles. The maximum absolute atomic E-state index is 11.6. The van der Waals surface area contributed by atoms with Gasteiger partial charge in [0.15, 0.2) is 6.04 Å². The molecule has 0 saturated heterocycles. The number of nitrogens with one attached hydrogen (secondary N) is 1. The molecule has 0 aliphatic heterocycles. The van der Waals surface area contributed by atoms with E-state index in [4.69, 9.17) is 14.6 Å². The van der Waals surface area contributed by atoms with Crippen LogP contribution >= 0.6 is 0 Å². The van der Waals surface area contributed by atoms with Gasteiger partial charge in [-0.15, -0.1) is 0 Å². The first-order valence-electron chi connectivity index (χ1n) is 6.19. The fraction of sp³-hybridized carbons (Fsp3) is 0.833. The largest absolute Gasteiger partial charge is 0.480 e. The predicted octanol–water partition coefficient (Wildman–Crippen LogP) is 0.407. The third-order valence-electron chi connectivity index (χ3n) is 3.04. The van der Waals surface area contributed by atoms with E-state index in [1.807, 2.05) is 6.92 Å². The monoisotopic (exact) mass is 259 g/mol. The minimum atomic E-state index is -1.08. The number of carboxylic acid groups (broad SMARTS) is 1. The normalized spacial score (nSPS) is 24.1. The SMILES string of the molecule is CCOC1CC(CC(=O)NC(COC)C(=O)O)C1. The fourth-order valence-corrected chi connectivity index (χ4v) is 2.07. The molecule has 0 radical (unpaired) electrons. The van der Waals surface area contributed by atoms with Gasteiger partial charge in [-0.2, -0.15) is 0 Å². The van der Waals surface area contributed by atoms with Gasteiger partial charge in [0.1, 0.15) is 0 Å². The summed E-state index contributed by atoms with van der Waals surface area (Å²) >= 11 is 0. The summed E-state index contributed by atoms with van der Waals surface area (Å²) in [6, 6.07) is -0.967. The van der Waals surface area contributed by atoms with Crippen molar-refractivity contribution in [1.29, 1.82) is 0 Å². The van der Waals surface area contributed by atoms with E-state index in [9.17, 15) is 9.59 Å². The predicted molar refractivity (Wildman–Crippen MR) is 64.2 cm³/mol. The number of carbonyl (C=O) groups excluding carboxylic acids is 1. The molecule has 1 unspecified atom stereocenters. The number of aliphatic carboxylic acids is 1. The van der Waals surface area contributed by atoms with E-state index >= 15 is 0 Å². The molecule has 0 aromatic heterocycles. The van der Waals surface area contributed by atoms with E-state index in [1.165, 1.54) is 7.11 Å². The highest BCUT2D eigenvalue weighted by molar-refractivity contribution is 5.83. The summed E-state index contributed by atoms with van der Waals surface area (Å²) in [6.07, 6.45) is 2.38. The topological polar surface area (TPSA) is 84.9 Å². The molecule has 104 valence electrons. The first-order chi connectivity index (χ1) is 8.56. The van der Waals surface area contributed by atoms with E-state index in [0.29, 0.717) is 18.9 Å². The minimum absolute atomic E-state index is 0.0205. The van der Waals surface area contributed by atoms with Gasteiger partial charge in [-0.25, -0.2) is 4.79 Å². The quantitative estimate of drug-likeness (QED) is 0.659. The Morgan fingerprint density at radius 1 is 1.44 bits per heavy atom. The summed E-state index contributed by atoms with van der Waals surface area (Å²) in [5.74, 6) is -1.01. The van der Waals surface area contributed by atoms with Crippen molar-refractivity contribution in [3.05, 3.63) is 0 Å². The molecule has 1 saturated carbocycles. The lowest BCUT2D eigenvalue weighted by atomic mass is 9.80. The Kier molecular flexibility index (Phi) is 6.07. The van der Waals surface area contributed by atoms with Gasteiger partial charge in [0.05, 0.1) is 12.7 Å². The Labute approximate surface area is 107 Å². The minimum Gasteiger partial charge on any atom is -0.480 e. The number of carbonyl (C=O) groups is 2. The van der Waals surface area contributed by atoms with Gasteiger partial charge < -0.3 is 19.9 Å². The molecule has 6 nitrogen and oxygen atoms in total. The van der Waals surface area contributed by atoms with Gasteiger partial charge in [-0.05, 0) is 25.7 Å². The van der Waals surface area contributed by atoms with Crippen LogP contribution in [-0.2, 0) is 19.1 Å². The number of hydrogen-bond donors (Lipinski definition) is 2. The van der Waals surface area contributed by atoms with Gasteiger partial charge in [0, 0.05) is 20.1 Å². The average molecular weight is 259 g/mol. The lowest BCUT2D eigenvalue weighted by Crippen LogP contribution is -2.45. The van der Waals surface area contributed by atoms with Crippen LogP contribution in [-0.4, -0.2) is 49.5 Å². The summed E-state index contributed by atoms with van der Waals surface area (Å²) in [4.78, 5) is 22.4. The van der Waals surface area contributed by atoms with E-state index in [1.54, 1.807) is 0 Å². The molecule has 0 bridgehead atoms. The van der Waals surface area contributed by atoms with Crippen molar-refractivity contribution in [3.63, 3.8) is 0 Å². The lowest BCUT2D eigenvalue weighted by Gasteiger charge is -2.34. The summed E-state index contributed by atoms with van der Waals surface area (Å²) < 4.78 is 10.1. The maximum Gasteiger partial charge on any atom is 0.328 e. The third-order valence-corrected chi connectivity index (χ3v) is 3.04. The van der Waals surface area contributed by atoms with Crippen LogP contribution in [0.5, 0.6) is 0 Å². The molecule has 1 rings (SSSR count). The van der Waals surface area contributed by atoms with E-state index in [-0.39, 0.29) is 18.6 Å². The zero-order valence-corrected chi connectivity index (χ0v) is 10.8. The Bertz CT molecular complexity index is 288. The molecule has 1 atom stereocenters. The fourth-order valence-electron chi connectivity index (χ4n) is 2.07. The zero-order chi connectivity index (χ0) is 13.5. The van der Waals surface area contributed by atoms with Crippen molar-refractivity contribution < 1.29 is 24.2 Å². The second kappa shape index (κ2) is 7.33. The van der Waals surface area contributed by atoms with Crippen molar-refractivity contribution in [3.8, 4) is 0 Å². The molecule has 0 aromatic rings. The van der Waals surface area contributed by atoms with E-state index in [0.717, 1.165) is 12.8 Å². The van der Waals surface area contributed by atoms with Crippen molar-refractivity contribution in [2.45, 2.75) is 38.3 Å². The average Bonchev–Trinajstić information content (AvgIpc) is 2.25. The van der Waals surface area contributed by atoms with Crippen LogP contribution in [0.2, 0.25) is 0 Å². The van der Waals surface area contributed by atoms with Crippen LogP contribution in [0, 0.1) is 5.92 Å². The smallest absolute Gasteiger partial charge is 0.328 e. The highest BCUT2D eigenvalue weighted by Crippen LogP contribution is 2.32. The van der Waals surface area contributed by atoms with Gasteiger partial charge in [0.25, 0.3) is 0 Å². The molecule has 0 spiro atoms. The highest BCUT2D eigenvalue weighted by Gasteiger charge is 2.32. The molecule has 0 aromatic carbocycles. The van der Waals surface area contributed by atoms with Crippen molar-refractivity contribution >= 4 is 11.9 Å². The first kappa shape index (κ1) is 14.9. The maximum atomic E-state index is 11.6. The molecule has 1 amide bonds. The number of methoxy groups -OCH3 is 1. The van der Waals surface area contributed by atoms with Crippen LogP contribution in [0.25, 0.3) is 0 Å². The molecular formula is C12H21NO5. The van der Waals surface area contributed by atoms with Crippen LogP contribution in [0.3, 0.4) is 0 Å². The van der Waals surface area contributed by atoms with E-state index < -0.39 is 12.0 Å². The van der Waals surface area contributed by atoms with Crippen LogP contribution < -0.4 is 5.32 Å². The highest BCUT2D eigenvalue weighted by atomic mass is 16.5. The molecular weight excluding hydrogens is 238 g/mol. The molecule has 0 heterocycles. The molecule has 6 heteroatoms. The summed E-state index contributed by atoms with van der Waals surface area (Å²) in [7, 11) is 1.40. The van der Waals surface area contributed by atoms with Crippen molar-refractivity contribution in [2.24, 2.45) is 5.92 Å². The van der Waals surface area contributed by atoms with Crippen LogP contribution in [0.15, 0.2) is 0 Å². The molecule has 2 N–H and O–H groups in total. The number of rotatable bonds is 8. The Balaban J connectivity index is 2.23. The summed E-state index contributed by atoms with van der Waals surface area (Å²) in [5.41, 5.74) is 0. The van der Waals surface area contributed by atoms with Gasteiger partial charge in [-0.3, -0.25) is 4.79 Å². The van der Waals surface area contributed by atoms with Gasteiger partial charge in [-0.1, -0.05) is 0 Å². The van der Waals surface area contributed by atoms with Gasteiger partial charge in [0.2, 0.25) is 5.91 Å². The second-order valence-electron chi connectivity index (χ2n) is 4.53. The summed E-state index contributed by atoms with van der Waals surface area (Å²) in [6.45, 7) is 2.62. The Hall–Kier alpha value is -1.14. The van der Waals surface area contributed by atoms with Crippen LogP contribution in [0.1, 0.15) is 26.2 Å². The third kappa shape index (κ3) is 4.62. The Morgan fingerprint density at radius 3 is 2.61 bits per heavy atom.